The van der Waals surface area contributed by atoms with Gasteiger partial charge in [0.05, 0.1) is 45.4 Å². The number of thiophene rings is 2. The molecule has 3 aromatic heterocycles. The second-order valence-corrected chi connectivity index (χ2v) is 19.3. The molecule has 0 bridgehead atoms. The Morgan fingerprint density at radius 3 is 2.15 bits per heavy atom. The van der Waals surface area contributed by atoms with Crippen LogP contribution in [0.25, 0.3) is 31.9 Å². The summed E-state index contributed by atoms with van der Waals surface area (Å²) in [7, 11) is -1.30. The lowest BCUT2D eigenvalue weighted by molar-refractivity contribution is -0.114. The second-order valence-electron chi connectivity index (χ2n) is 14.7. The van der Waals surface area contributed by atoms with Crippen LogP contribution >= 0.6 is 38.6 Å². The summed E-state index contributed by atoms with van der Waals surface area (Å²) in [5.41, 5.74) is 11.7. The molecule has 2 aliphatic heterocycles. The van der Waals surface area contributed by atoms with Gasteiger partial charge in [-0.05, 0) is 108 Å². The molecule has 5 heterocycles. The number of nitrogens with one attached hydrogen (secondary N) is 3. The van der Waals surface area contributed by atoms with Crippen molar-refractivity contribution in [3.05, 3.63) is 136 Å². The van der Waals surface area contributed by atoms with Crippen molar-refractivity contribution in [2.24, 2.45) is 10.7 Å². The van der Waals surface area contributed by atoms with Crippen LogP contribution in [0.15, 0.2) is 97.5 Å². The molecule has 11 nitrogen and oxygen atoms in total. The van der Waals surface area contributed by atoms with E-state index >= 15 is 0 Å². The molecule has 15 heteroatoms. The number of aliphatic imine (C=N–C) groups is 1. The van der Waals surface area contributed by atoms with Crippen LogP contribution in [-0.2, 0) is 33.3 Å². The molecule has 55 heavy (non-hydrogen) atoms. The zero-order valence-electron chi connectivity index (χ0n) is 30.8. The van der Waals surface area contributed by atoms with Gasteiger partial charge in [-0.1, -0.05) is 36.4 Å². The van der Waals surface area contributed by atoms with E-state index in [0.717, 1.165) is 43.4 Å². The van der Waals surface area contributed by atoms with Gasteiger partial charge < -0.3 is 15.7 Å². The first-order valence-electron chi connectivity index (χ1n) is 17.2. The van der Waals surface area contributed by atoms with Gasteiger partial charge in [0, 0.05) is 40.1 Å². The summed E-state index contributed by atoms with van der Waals surface area (Å²) >= 11 is 6.59. The van der Waals surface area contributed by atoms with Gasteiger partial charge in [0.2, 0.25) is 0 Å². The summed E-state index contributed by atoms with van der Waals surface area (Å²) in [5, 5.41) is 9.57. The Morgan fingerprint density at radius 1 is 0.945 bits per heavy atom. The number of carbonyl (C=O) groups excluding carboxylic acids is 1. The number of H-pyrrole nitrogens is 2. The quantitative estimate of drug-likeness (QED) is 0.115. The Balaban J connectivity index is 0.000000188. The van der Waals surface area contributed by atoms with Gasteiger partial charge >= 0.3 is 0 Å². The third kappa shape index (κ3) is 8.67. The summed E-state index contributed by atoms with van der Waals surface area (Å²) < 4.78 is 16.4. The highest BCUT2D eigenvalue weighted by atomic mass is 79.9. The third-order valence-electron chi connectivity index (χ3n) is 9.24. The number of Topliss-reactive ketones (excluding diaryl/α,β-unsaturated/α-hetero) is 1. The van der Waals surface area contributed by atoms with Crippen molar-refractivity contribution in [2.75, 3.05) is 6.54 Å². The normalized spacial score (nSPS) is 18.4. The topological polar surface area (TPSA) is 145 Å². The van der Waals surface area contributed by atoms with Crippen molar-refractivity contribution in [1.29, 1.82) is 0 Å². The monoisotopic (exact) mass is 854 g/mol. The lowest BCUT2D eigenvalue weighted by Gasteiger charge is -2.35. The van der Waals surface area contributed by atoms with E-state index in [1.54, 1.807) is 39.7 Å². The number of fused-ring (bicyclic) bond motifs is 1. The van der Waals surface area contributed by atoms with E-state index in [1.165, 1.54) is 6.07 Å². The SMILES string of the molecule is [C-]#[N+]c1cccc(-c2csc([C@](C)(Cc3cc(=O)[nH][nH]3)NS(=O)C(C)(C)C)c2)c1.[C-]#[N+]c1cccc(-c2csc([C@]3(C)CC4=C(Br)C(=O)CN4C(N)=N3)c2)c1. The van der Waals surface area contributed by atoms with Crippen LogP contribution in [0.3, 0.4) is 0 Å². The molecular formula is C40H39BrN8O3S3. The van der Waals surface area contributed by atoms with Crippen LogP contribution in [0.5, 0.6) is 0 Å². The number of halogens is 1. The van der Waals surface area contributed by atoms with Gasteiger partial charge in [0.1, 0.15) is 5.54 Å². The van der Waals surface area contributed by atoms with Crippen LogP contribution in [0.2, 0.25) is 0 Å². The molecular weight excluding hydrogens is 817 g/mol. The molecule has 1 unspecified atom stereocenters. The summed E-state index contributed by atoms with van der Waals surface area (Å²) in [6, 6.07) is 20.7. The number of rotatable bonds is 8. The Morgan fingerprint density at radius 2 is 1.56 bits per heavy atom. The highest BCUT2D eigenvalue weighted by Gasteiger charge is 2.42. The lowest BCUT2D eigenvalue weighted by Crippen LogP contribution is -2.47. The molecule has 2 aliphatic rings. The average Bonchev–Trinajstić information content (AvgIpc) is 3.98. The van der Waals surface area contributed by atoms with Gasteiger partial charge in [-0.25, -0.2) is 23.6 Å². The first-order valence-corrected chi connectivity index (χ1v) is 20.9. The molecule has 5 aromatic rings. The van der Waals surface area contributed by atoms with Gasteiger partial charge in [0.15, 0.2) is 23.1 Å². The Labute approximate surface area is 338 Å². The maximum atomic E-state index is 12.9. The van der Waals surface area contributed by atoms with E-state index in [0.29, 0.717) is 34.7 Å². The second kappa shape index (κ2) is 15.7. The smallest absolute Gasteiger partial charge is 0.264 e. The number of hydrogen-bond acceptors (Lipinski definition) is 8. The van der Waals surface area contributed by atoms with E-state index < -0.39 is 26.8 Å². The Hall–Kier alpha value is -4.90. The fourth-order valence-electron chi connectivity index (χ4n) is 6.24. The summed E-state index contributed by atoms with van der Waals surface area (Å²) in [6.07, 6.45) is 1.08. The molecule has 0 saturated heterocycles. The minimum absolute atomic E-state index is 0.0326. The molecule has 0 amide bonds. The molecule has 282 valence electrons. The summed E-state index contributed by atoms with van der Waals surface area (Å²) in [6.45, 7) is 24.4. The first-order chi connectivity index (χ1) is 26.0. The number of ketones is 1. The Kier molecular flexibility index (Phi) is 11.3. The standard InChI is InChI=1S/C21H24N4O2S2.C19H15BrN4OS/c1-20(2,3)29(27)25-21(4,12-17-11-19(26)24-23-17)18-10-15(13-28-18)14-7-6-8-16(9-14)22-5;1-19(8-14-17(20)15(25)9-24(14)18(21)23-19)16-7-12(10-26-16)11-4-3-5-13(6-11)22-2/h6-11,13,25H,12H2,1-4H3,(H2,23,24,26);3-7,10H,8-9H2,1H3,(H2,21,23)/t21-,29?;19-/m00/s1. The van der Waals surface area contributed by atoms with Crippen molar-refractivity contribution < 1.29 is 9.00 Å². The van der Waals surface area contributed by atoms with Gasteiger partial charge in [-0.3, -0.25) is 14.7 Å². The minimum Gasteiger partial charge on any atom is -0.369 e. The molecule has 5 N–H and O–H groups in total. The molecule has 0 spiro atoms. The van der Waals surface area contributed by atoms with Crippen molar-refractivity contribution >= 4 is 72.7 Å². The summed E-state index contributed by atoms with van der Waals surface area (Å²) in [4.78, 5) is 39.1. The average molecular weight is 856 g/mol. The van der Waals surface area contributed by atoms with Crippen LogP contribution < -0.4 is 16.0 Å². The molecule has 0 aliphatic carbocycles. The highest BCUT2D eigenvalue weighted by Crippen LogP contribution is 2.45. The third-order valence-corrected chi connectivity index (χ3v) is 14.3. The van der Waals surface area contributed by atoms with Gasteiger partial charge in [-0.15, -0.1) is 22.7 Å². The molecule has 0 fully saturated rings. The van der Waals surface area contributed by atoms with Gasteiger partial charge in [-0.2, -0.15) is 0 Å². The van der Waals surface area contributed by atoms with Crippen LogP contribution in [0.4, 0.5) is 11.4 Å². The number of nitrogens with zero attached hydrogens (tertiary/aromatic N) is 4. The number of hydrogen-bond donors (Lipinski definition) is 4. The Bertz CT molecular complexity index is 2510. The number of aromatic amines is 2. The van der Waals surface area contributed by atoms with Crippen LogP contribution in [0, 0.1) is 13.1 Å². The van der Waals surface area contributed by atoms with Crippen LogP contribution in [-0.4, -0.2) is 42.3 Å². The van der Waals surface area contributed by atoms with Crippen molar-refractivity contribution in [1.82, 2.24) is 19.8 Å². The predicted octanol–water partition coefficient (Wildman–Crippen LogP) is 8.88. The lowest BCUT2D eigenvalue weighted by atomic mass is 9.92. The fourth-order valence-corrected chi connectivity index (χ4v) is 9.74. The minimum atomic E-state index is -1.30. The fraction of sp³-hybridized carbons (Fsp3) is 0.275. The number of nitrogens with two attached hydrogens (primary N) is 1. The van der Waals surface area contributed by atoms with E-state index in [4.69, 9.17) is 23.9 Å². The van der Waals surface area contributed by atoms with Crippen LogP contribution in [0.1, 0.15) is 56.5 Å². The molecule has 2 aromatic carbocycles. The number of guanidine groups is 1. The number of carbonyl (C=O) groups is 1. The zero-order chi connectivity index (χ0) is 39.7. The largest absolute Gasteiger partial charge is 0.369 e. The van der Waals surface area contributed by atoms with E-state index in [-0.39, 0.29) is 17.9 Å². The molecule has 3 atom stereocenters. The predicted molar refractivity (Wildman–Crippen MR) is 227 cm³/mol. The van der Waals surface area contributed by atoms with Crippen molar-refractivity contribution in [2.45, 2.75) is 63.3 Å². The van der Waals surface area contributed by atoms with Crippen molar-refractivity contribution in [3.8, 4) is 22.3 Å². The molecule has 0 saturated carbocycles. The van der Waals surface area contributed by atoms with Gasteiger partial charge in [0.25, 0.3) is 5.56 Å². The van der Waals surface area contributed by atoms with E-state index in [2.05, 4.69) is 58.1 Å². The molecule has 7 rings (SSSR count). The maximum absolute atomic E-state index is 12.9. The van der Waals surface area contributed by atoms with E-state index in [9.17, 15) is 13.8 Å². The van der Waals surface area contributed by atoms with E-state index in [1.807, 2.05) is 76.4 Å². The summed E-state index contributed by atoms with van der Waals surface area (Å²) in [5.74, 6) is 0.409. The zero-order valence-corrected chi connectivity index (χ0v) is 34.9. The first kappa shape index (κ1) is 39.8. The van der Waals surface area contributed by atoms with Crippen molar-refractivity contribution in [3.63, 3.8) is 0 Å². The highest BCUT2D eigenvalue weighted by molar-refractivity contribution is 9.12. The number of aromatic nitrogens is 2. The number of benzene rings is 2. The maximum Gasteiger partial charge on any atom is 0.264 e. The molecule has 0 radical (unpaired) electrons.